The minimum Gasteiger partial charge on any atom is -0.340 e. The molecule has 0 saturated heterocycles. The van der Waals surface area contributed by atoms with Gasteiger partial charge in [0, 0.05) is 18.3 Å². The van der Waals surface area contributed by atoms with Gasteiger partial charge in [-0.3, -0.25) is 4.79 Å². The third-order valence-corrected chi connectivity index (χ3v) is 3.14. The highest BCUT2D eigenvalue weighted by Gasteiger charge is 2.26. The molecule has 1 aliphatic carbocycles. The topological polar surface area (TPSA) is 93.8 Å². The van der Waals surface area contributed by atoms with Crippen LogP contribution in [-0.4, -0.2) is 26.0 Å². The van der Waals surface area contributed by atoms with Crippen molar-refractivity contribution in [3.63, 3.8) is 0 Å². The Labute approximate surface area is 115 Å². The maximum Gasteiger partial charge on any atom is 0.255 e. The lowest BCUT2D eigenvalue weighted by Crippen LogP contribution is -2.27. The van der Waals surface area contributed by atoms with E-state index in [1.807, 2.05) is 0 Å². The second-order valence-electron chi connectivity index (χ2n) is 4.98. The number of aromatic nitrogens is 4. The first-order valence-corrected chi connectivity index (χ1v) is 6.56. The van der Waals surface area contributed by atoms with E-state index in [1.54, 1.807) is 26.2 Å². The van der Waals surface area contributed by atoms with E-state index >= 15 is 0 Å². The van der Waals surface area contributed by atoms with Crippen molar-refractivity contribution >= 4 is 5.91 Å². The van der Waals surface area contributed by atoms with Gasteiger partial charge in [0.25, 0.3) is 5.91 Å². The molecule has 0 aromatic carbocycles. The predicted octanol–water partition coefficient (Wildman–Crippen LogP) is 1.54. The molecule has 104 valence electrons. The first kappa shape index (κ1) is 12.7. The molecule has 2 aromatic rings. The molecule has 1 aliphatic rings. The Morgan fingerprint density at radius 3 is 2.65 bits per heavy atom. The molecule has 2 heterocycles. The van der Waals surface area contributed by atoms with Gasteiger partial charge < -0.3 is 9.84 Å². The zero-order valence-corrected chi connectivity index (χ0v) is 11.3. The number of carbonyl (C=O) groups excluding carboxylic acids is 1. The number of rotatable bonds is 4. The Morgan fingerprint density at radius 1 is 1.40 bits per heavy atom. The van der Waals surface area contributed by atoms with E-state index in [9.17, 15) is 4.79 Å². The molecule has 1 saturated carbocycles. The summed E-state index contributed by atoms with van der Waals surface area (Å²) < 4.78 is 5.01. The molecule has 0 bridgehead atoms. The monoisotopic (exact) mass is 273 g/mol. The highest BCUT2D eigenvalue weighted by Crippen LogP contribution is 2.37. The zero-order valence-electron chi connectivity index (χ0n) is 11.3. The Morgan fingerprint density at radius 2 is 2.10 bits per heavy atom. The Kier molecular flexibility index (Phi) is 3.17. The summed E-state index contributed by atoms with van der Waals surface area (Å²) in [6.45, 7) is 3.51. The molecule has 0 unspecified atom stereocenters. The van der Waals surface area contributed by atoms with Gasteiger partial charge in [-0.1, -0.05) is 5.16 Å². The van der Waals surface area contributed by atoms with Crippen molar-refractivity contribution < 1.29 is 9.32 Å². The number of nitrogens with zero attached hydrogens (tertiary/aromatic N) is 4. The highest BCUT2D eigenvalue weighted by molar-refractivity contribution is 5.93. The maximum absolute atomic E-state index is 12.1. The third kappa shape index (κ3) is 2.66. The van der Waals surface area contributed by atoms with Gasteiger partial charge in [0.2, 0.25) is 5.89 Å². The van der Waals surface area contributed by atoms with Crippen LogP contribution in [0, 0.1) is 6.92 Å². The Bertz CT molecular complexity index is 618. The summed E-state index contributed by atoms with van der Waals surface area (Å²) in [5.41, 5.74) is 0.428. The Hall–Kier alpha value is -2.31. The van der Waals surface area contributed by atoms with E-state index in [2.05, 4.69) is 25.4 Å². The number of hydrogen-bond acceptors (Lipinski definition) is 6. The van der Waals surface area contributed by atoms with Crippen LogP contribution in [0.4, 0.5) is 0 Å². The van der Waals surface area contributed by atoms with Crippen LogP contribution in [0.1, 0.15) is 59.6 Å². The fourth-order valence-corrected chi connectivity index (χ4v) is 1.84. The standard InChI is InChI=1S/C13H15N5O2/c1-7(13-17-8(2)18-20-13)16-12(19)10-5-14-11(15-6-10)9-3-4-9/h5-7,9H,3-4H2,1-2H3,(H,16,19)/t7-/m0/s1. The molecule has 0 aliphatic heterocycles. The van der Waals surface area contributed by atoms with E-state index in [0.29, 0.717) is 23.2 Å². The zero-order chi connectivity index (χ0) is 14.1. The Balaban J connectivity index is 1.66. The molecule has 1 fully saturated rings. The van der Waals surface area contributed by atoms with E-state index in [0.717, 1.165) is 18.7 Å². The summed E-state index contributed by atoms with van der Waals surface area (Å²) in [5, 5.41) is 6.47. The summed E-state index contributed by atoms with van der Waals surface area (Å²) in [5.74, 6) is 1.97. The maximum atomic E-state index is 12.1. The van der Waals surface area contributed by atoms with Gasteiger partial charge in [-0.05, 0) is 26.7 Å². The fourth-order valence-electron chi connectivity index (χ4n) is 1.84. The smallest absolute Gasteiger partial charge is 0.255 e. The second-order valence-corrected chi connectivity index (χ2v) is 4.98. The van der Waals surface area contributed by atoms with Gasteiger partial charge in [0.05, 0.1) is 5.56 Å². The van der Waals surface area contributed by atoms with Crippen LogP contribution in [0.2, 0.25) is 0 Å². The molecule has 20 heavy (non-hydrogen) atoms. The first-order valence-electron chi connectivity index (χ1n) is 6.56. The minimum absolute atomic E-state index is 0.254. The fraction of sp³-hybridized carbons (Fsp3) is 0.462. The molecular weight excluding hydrogens is 258 g/mol. The lowest BCUT2D eigenvalue weighted by atomic mass is 10.2. The van der Waals surface area contributed by atoms with Crippen LogP contribution < -0.4 is 5.32 Å². The van der Waals surface area contributed by atoms with Gasteiger partial charge >= 0.3 is 0 Å². The van der Waals surface area contributed by atoms with E-state index in [-0.39, 0.29) is 11.9 Å². The molecular formula is C13H15N5O2. The molecule has 7 heteroatoms. The minimum atomic E-state index is -0.355. The lowest BCUT2D eigenvalue weighted by molar-refractivity contribution is 0.0931. The van der Waals surface area contributed by atoms with Gasteiger partial charge in [-0.15, -0.1) is 0 Å². The van der Waals surface area contributed by atoms with Crippen molar-refractivity contribution in [2.45, 2.75) is 38.6 Å². The molecule has 7 nitrogen and oxygen atoms in total. The number of hydrogen-bond donors (Lipinski definition) is 1. The first-order chi connectivity index (χ1) is 9.63. The van der Waals surface area contributed by atoms with E-state index in [1.165, 1.54) is 0 Å². The van der Waals surface area contributed by atoms with Crippen LogP contribution in [-0.2, 0) is 0 Å². The third-order valence-electron chi connectivity index (χ3n) is 3.14. The number of amides is 1. The summed E-state index contributed by atoms with van der Waals surface area (Å²) in [7, 11) is 0. The van der Waals surface area contributed by atoms with Crippen LogP contribution in [0.25, 0.3) is 0 Å². The van der Waals surface area contributed by atoms with E-state index < -0.39 is 0 Å². The predicted molar refractivity (Wildman–Crippen MR) is 68.9 cm³/mol. The number of nitrogens with one attached hydrogen (secondary N) is 1. The average molecular weight is 273 g/mol. The summed E-state index contributed by atoms with van der Waals surface area (Å²) in [6.07, 6.45) is 5.39. The largest absolute Gasteiger partial charge is 0.340 e. The lowest BCUT2D eigenvalue weighted by Gasteiger charge is -2.09. The normalized spacial score (nSPS) is 15.9. The van der Waals surface area contributed by atoms with Crippen LogP contribution in [0.3, 0.4) is 0 Å². The molecule has 0 radical (unpaired) electrons. The van der Waals surface area contributed by atoms with Crippen LogP contribution in [0.5, 0.6) is 0 Å². The van der Waals surface area contributed by atoms with Crippen molar-refractivity contribution in [2.24, 2.45) is 0 Å². The van der Waals surface area contributed by atoms with Crippen molar-refractivity contribution in [2.75, 3.05) is 0 Å². The molecule has 3 rings (SSSR count). The second kappa shape index (κ2) is 4.99. The summed E-state index contributed by atoms with van der Waals surface area (Å²) in [4.78, 5) is 24.6. The summed E-state index contributed by atoms with van der Waals surface area (Å²) in [6, 6.07) is -0.355. The van der Waals surface area contributed by atoms with Crippen LogP contribution in [0.15, 0.2) is 16.9 Å². The quantitative estimate of drug-likeness (QED) is 0.908. The van der Waals surface area contributed by atoms with Crippen molar-refractivity contribution in [1.29, 1.82) is 0 Å². The molecule has 1 N–H and O–H groups in total. The number of aryl methyl sites for hydroxylation is 1. The molecule has 1 amide bonds. The van der Waals surface area contributed by atoms with Gasteiger partial charge in [-0.2, -0.15) is 4.98 Å². The molecule has 1 atom stereocenters. The van der Waals surface area contributed by atoms with E-state index in [4.69, 9.17) is 4.52 Å². The number of carbonyl (C=O) groups is 1. The molecule has 0 spiro atoms. The van der Waals surface area contributed by atoms with Crippen molar-refractivity contribution in [1.82, 2.24) is 25.4 Å². The molecule has 2 aromatic heterocycles. The van der Waals surface area contributed by atoms with Crippen LogP contribution >= 0.6 is 0 Å². The summed E-state index contributed by atoms with van der Waals surface area (Å²) >= 11 is 0. The van der Waals surface area contributed by atoms with Gasteiger partial charge in [0.15, 0.2) is 5.82 Å². The average Bonchev–Trinajstić information content (AvgIpc) is 3.20. The highest BCUT2D eigenvalue weighted by atomic mass is 16.5. The van der Waals surface area contributed by atoms with Gasteiger partial charge in [-0.25, -0.2) is 9.97 Å². The van der Waals surface area contributed by atoms with Crippen molar-refractivity contribution in [3.8, 4) is 0 Å². The SMILES string of the molecule is Cc1noc([C@H](C)NC(=O)c2cnc(C3CC3)nc2)n1. The van der Waals surface area contributed by atoms with Gasteiger partial charge in [0.1, 0.15) is 11.9 Å². The van der Waals surface area contributed by atoms with Crippen molar-refractivity contribution in [3.05, 3.63) is 35.5 Å².